The van der Waals surface area contributed by atoms with Gasteiger partial charge in [0, 0.05) is 0 Å². The van der Waals surface area contributed by atoms with Crippen LogP contribution in [0.5, 0.6) is 0 Å². The van der Waals surface area contributed by atoms with Crippen LogP contribution in [0.15, 0.2) is 72.8 Å². The molecule has 0 saturated heterocycles. The number of rotatable bonds is 1. The van der Waals surface area contributed by atoms with Gasteiger partial charge in [0.1, 0.15) is 0 Å². The van der Waals surface area contributed by atoms with Crippen molar-refractivity contribution in [3.63, 3.8) is 0 Å². The predicted octanol–water partition coefficient (Wildman–Crippen LogP) is 5.83. The molecule has 4 aliphatic carbocycles. The molecule has 4 bridgehead atoms. The van der Waals surface area contributed by atoms with Crippen LogP contribution in [0.2, 0.25) is 0 Å². The number of hydrogen-bond acceptors (Lipinski definition) is 2. The number of amides is 2. The Morgan fingerprint density at radius 2 is 1.25 bits per heavy atom. The minimum absolute atomic E-state index is 0.213. The van der Waals surface area contributed by atoms with Crippen molar-refractivity contribution >= 4 is 28.3 Å². The molecule has 32 heavy (non-hydrogen) atoms. The maximum Gasteiger partial charge on any atom is 0.266 e. The number of para-hydroxylation sites is 1. The Morgan fingerprint density at radius 3 is 1.88 bits per heavy atom. The smallest absolute Gasteiger partial charge is 0.266 e. The van der Waals surface area contributed by atoms with Gasteiger partial charge in [0.05, 0.1) is 16.8 Å². The van der Waals surface area contributed by atoms with E-state index in [1.54, 1.807) is 0 Å². The SMILES string of the molecule is Cc1cc2c(c3c4ccc(c13)CCc1ccc(cc1)CC4)C(=O)N(c1ccccc1)C2=O. The van der Waals surface area contributed by atoms with E-state index in [2.05, 4.69) is 43.3 Å². The van der Waals surface area contributed by atoms with Crippen LogP contribution in [0, 0.1) is 6.92 Å². The summed E-state index contributed by atoms with van der Waals surface area (Å²) in [5.74, 6) is -0.441. The van der Waals surface area contributed by atoms with Crippen molar-refractivity contribution in [1.82, 2.24) is 0 Å². The highest BCUT2D eigenvalue weighted by molar-refractivity contribution is 6.38. The molecule has 2 amide bonds. The fourth-order valence-electron chi connectivity index (χ4n) is 5.29. The van der Waals surface area contributed by atoms with Gasteiger partial charge in [-0.1, -0.05) is 54.6 Å². The Labute approximate surface area is 187 Å². The van der Waals surface area contributed by atoms with Gasteiger partial charge in [0.25, 0.3) is 11.8 Å². The molecule has 0 fully saturated rings. The van der Waals surface area contributed by atoms with Crippen LogP contribution in [0.4, 0.5) is 5.69 Å². The molecule has 9 rings (SSSR count). The third-order valence-electron chi connectivity index (χ3n) is 6.91. The van der Waals surface area contributed by atoms with Gasteiger partial charge in [0.15, 0.2) is 0 Å². The summed E-state index contributed by atoms with van der Waals surface area (Å²) >= 11 is 0. The third-order valence-corrected chi connectivity index (χ3v) is 6.91. The molecule has 0 N–H and O–H groups in total. The van der Waals surface area contributed by atoms with Gasteiger partial charge in [-0.2, -0.15) is 0 Å². The van der Waals surface area contributed by atoms with E-state index in [1.165, 1.54) is 21.6 Å². The molecule has 0 atom stereocenters. The Hall–Kier alpha value is -3.72. The van der Waals surface area contributed by atoms with Gasteiger partial charge in [-0.15, -0.1) is 0 Å². The number of nitrogens with zero attached hydrogens (tertiary/aromatic N) is 1. The van der Waals surface area contributed by atoms with E-state index in [1.807, 2.05) is 36.4 Å². The fraction of sp³-hybridized carbons (Fsp3) is 0.172. The molecule has 5 aliphatic rings. The van der Waals surface area contributed by atoms with Gasteiger partial charge < -0.3 is 0 Å². The topological polar surface area (TPSA) is 37.4 Å². The van der Waals surface area contributed by atoms with Gasteiger partial charge in [-0.05, 0) is 89.4 Å². The summed E-state index contributed by atoms with van der Waals surface area (Å²) in [6, 6.07) is 24.5. The number of hydrogen-bond donors (Lipinski definition) is 0. The average Bonchev–Trinajstić information content (AvgIpc) is 3.05. The standard InChI is InChI=1S/C29H23NO2/c1-18-17-24-27(29(32)30(28(24)31)23-5-3-2-4-6-23)26-22-14-12-20-9-7-19(8-10-20)11-13-21(15-16-22)25(18)26/h2-10,15-17H,11-14H2,1H3. The lowest BCUT2D eigenvalue weighted by Crippen LogP contribution is -2.29. The van der Waals surface area contributed by atoms with Gasteiger partial charge in [-0.25, -0.2) is 4.90 Å². The third kappa shape index (κ3) is 2.81. The summed E-state index contributed by atoms with van der Waals surface area (Å²) in [5, 5.41) is 2.12. The number of anilines is 1. The zero-order valence-corrected chi connectivity index (χ0v) is 18.0. The molecule has 0 unspecified atom stereocenters. The Kier molecular flexibility index (Phi) is 4.25. The second-order valence-corrected chi connectivity index (χ2v) is 8.85. The predicted molar refractivity (Wildman–Crippen MR) is 128 cm³/mol. The Bertz CT molecular complexity index is 1400. The molecule has 1 aliphatic heterocycles. The van der Waals surface area contributed by atoms with E-state index in [0.29, 0.717) is 16.8 Å². The van der Waals surface area contributed by atoms with Crippen LogP contribution in [-0.2, 0) is 25.7 Å². The summed E-state index contributed by atoms with van der Waals surface area (Å²) in [6.45, 7) is 2.07. The van der Waals surface area contributed by atoms with E-state index in [-0.39, 0.29) is 11.8 Å². The molecule has 3 heteroatoms. The number of imide groups is 1. The lowest BCUT2D eigenvalue weighted by Gasteiger charge is -2.18. The van der Waals surface area contributed by atoms with Crippen LogP contribution >= 0.6 is 0 Å². The summed E-state index contributed by atoms with van der Waals surface area (Å²) in [5.41, 5.74) is 7.79. The molecule has 4 aromatic carbocycles. The number of benzene rings is 4. The van der Waals surface area contributed by atoms with Crippen molar-refractivity contribution in [2.75, 3.05) is 4.90 Å². The van der Waals surface area contributed by atoms with E-state index in [0.717, 1.165) is 47.6 Å². The van der Waals surface area contributed by atoms with Crippen LogP contribution in [0.3, 0.4) is 0 Å². The van der Waals surface area contributed by atoms with Crippen molar-refractivity contribution in [1.29, 1.82) is 0 Å². The molecule has 156 valence electrons. The average molecular weight is 418 g/mol. The molecular weight excluding hydrogens is 394 g/mol. The van der Waals surface area contributed by atoms with Crippen molar-refractivity contribution in [2.45, 2.75) is 32.6 Å². The van der Waals surface area contributed by atoms with E-state index < -0.39 is 0 Å². The molecule has 1 heterocycles. The second-order valence-electron chi connectivity index (χ2n) is 8.85. The molecule has 0 spiro atoms. The normalized spacial score (nSPS) is 15.2. The molecular formula is C29H23NO2. The number of carbonyl (C=O) groups is 2. The Balaban J connectivity index is 1.60. The molecule has 3 nitrogen and oxygen atoms in total. The molecule has 0 radical (unpaired) electrons. The van der Waals surface area contributed by atoms with Crippen molar-refractivity contribution in [3.8, 4) is 0 Å². The molecule has 4 aromatic rings. The first-order valence-electron chi connectivity index (χ1n) is 11.2. The molecule has 0 saturated carbocycles. The first-order chi connectivity index (χ1) is 15.6. The lowest BCUT2D eigenvalue weighted by atomic mass is 9.86. The first kappa shape index (κ1) is 19.0. The largest absolute Gasteiger partial charge is 0.268 e. The zero-order valence-electron chi connectivity index (χ0n) is 18.0. The van der Waals surface area contributed by atoms with Gasteiger partial charge in [0.2, 0.25) is 0 Å². The molecule has 0 aromatic heterocycles. The highest BCUT2D eigenvalue weighted by atomic mass is 16.2. The van der Waals surface area contributed by atoms with E-state index >= 15 is 0 Å². The van der Waals surface area contributed by atoms with E-state index in [4.69, 9.17) is 0 Å². The first-order valence-corrected chi connectivity index (χ1v) is 11.2. The maximum atomic E-state index is 13.7. The maximum absolute atomic E-state index is 13.7. The lowest BCUT2D eigenvalue weighted by molar-refractivity contribution is 0.0926. The minimum atomic E-state index is -0.228. The summed E-state index contributed by atoms with van der Waals surface area (Å²) in [6.07, 6.45) is 3.59. The minimum Gasteiger partial charge on any atom is -0.268 e. The van der Waals surface area contributed by atoms with Crippen LogP contribution in [0.1, 0.15) is 48.5 Å². The van der Waals surface area contributed by atoms with Gasteiger partial charge in [-0.3, -0.25) is 9.59 Å². The summed E-state index contributed by atoms with van der Waals surface area (Å²) in [4.78, 5) is 28.4. The highest BCUT2D eigenvalue weighted by Gasteiger charge is 2.39. The summed E-state index contributed by atoms with van der Waals surface area (Å²) in [7, 11) is 0. The number of carbonyl (C=O) groups excluding carboxylic acids is 2. The monoisotopic (exact) mass is 417 g/mol. The van der Waals surface area contributed by atoms with Crippen LogP contribution in [-0.4, -0.2) is 11.8 Å². The second kappa shape index (κ2) is 7.16. The highest BCUT2D eigenvalue weighted by Crippen LogP contribution is 2.39. The van der Waals surface area contributed by atoms with Crippen LogP contribution < -0.4 is 4.90 Å². The van der Waals surface area contributed by atoms with Crippen molar-refractivity contribution < 1.29 is 9.59 Å². The van der Waals surface area contributed by atoms with Crippen LogP contribution in [0.25, 0.3) is 10.8 Å². The Morgan fingerprint density at radius 1 is 0.656 bits per heavy atom. The van der Waals surface area contributed by atoms with Crippen molar-refractivity contribution in [2.24, 2.45) is 0 Å². The fourth-order valence-corrected chi connectivity index (χ4v) is 5.29. The zero-order chi connectivity index (χ0) is 21.8. The number of aryl methyl sites for hydroxylation is 5. The van der Waals surface area contributed by atoms with E-state index in [9.17, 15) is 9.59 Å². The van der Waals surface area contributed by atoms with Crippen molar-refractivity contribution in [3.05, 3.63) is 112 Å². The van der Waals surface area contributed by atoms with Gasteiger partial charge >= 0.3 is 0 Å². The quantitative estimate of drug-likeness (QED) is 0.365. The number of fused-ring (bicyclic) bond motifs is 1. The summed E-state index contributed by atoms with van der Waals surface area (Å²) < 4.78 is 0.